The molecule has 4 nitrogen and oxygen atoms in total. The Kier molecular flexibility index (Phi) is 12.5. The van der Waals surface area contributed by atoms with Crippen molar-refractivity contribution in [2.24, 2.45) is 4.99 Å². The molecule has 0 aromatic heterocycles. The van der Waals surface area contributed by atoms with Gasteiger partial charge < -0.3 is 15.5 Å². The van der Waals surface area contributed by atoms with Crippen molar-refractivity contribution >= 4 is 5.96 Å². The zero-order chi connectivity index (χ0) is 16.1. The molecule has 0 aromatic rings. The number of aliphatic imine (C=N–C) groups is 1. The predicted octanol–water partition coefficient (Wildman–Crippen LogP) is 3.24. The Bertz CT molecular complexity index is 264. The Morgan fingerprint density at radius 2 is 1.81 bits per heavy atom. The van der Waals surface area contributed by atoms with E-state index in [0.29, 0.717) is 12.1 Å². The van der Waals surface area contributed by atoms with Crippen molar-refractivity contribution in [1.29, 1.82) is 0 Å². The standard InChI is InChI=1S/C17H38N4/c1-7-8-9-12-16(4)20-17(18-5)19-13-10-11-14-21(6)15(2)3/h15-16H,7-14H2,1-6H3,(H2,18,19,20). The number of nitrogens with zero attached hydrogens (tertiary/aromatic N) is 2. The summed E-state index contributed by atoms with van der Waals surface area (Å²) in [5.74, 6) is 0.941. The van der Waals surface area contributed by atoms with E-state index in [0.717, 1.165) is 12.5 Å². The van der Waals surface area contributed by atoms with E-state index in [9.17, 15) is 0 Å². The Labute approximate surface area is 132 Å². The molecule has 0 aliphatic rings. The first-order chi connectivity index (χ1) is 10.0. The SMILES string of the molecule is CCCCCC(C)NC(=NC)NCCCCN(C)C(C)C. The second kappa shape index (κ2) is 12.9. The summed E-state index contributed by atoms with van der Waals surface area (Å²) >= 11 is 0. The Morgan fingerprint density at radius 1 is 1.10 bits per heavy atom. The van der Waals surface area contributed by atoms with Crippen LogP contribution in [0.25, 0.3) is 0 Å². The molecule has 0 fully saturated rings. The lowest BCUT2D eigenvalue weighted by Gasteiger charge is -2.21. The Balaban J connectivity index is 3.71. The zero-order valence-corrected chi connectivity index (χ0v) is 15.2. The van der Waals surface area contributed by atoms with Crippen LogP contribution >= 0.6 is 0 Å². The highest BCUT2D eigenvalue weighted by Gasteiger charge is 2.05. The van der Waals surface area contributed by atoms with E-state index in [1.165, 1.54) is 45.1 Å². The van der Waals surface area contributed by atoms with Gasteiger partial charge in [0.05, 0.1) is 0 Å². The first-order valence-electron chi connectivity index (χ1n) is 8.68. The summed E-state index contributed by atoms with van der Waals surface area (Å²) < 4.78 is 0. The third kappa shape index (κ3) is 11.6. The van der Waals surface area contributed by atoms with Gasteiger partial charge in [0.15, 0.2) is 5.96 Å². The third-order valence-corrected chi connectivity index (χ3v) is 3.96. The summed E-state index contributed by atoms with van der Waals surface area (Å²) in [6, 6.07) is 1.13. The molecule has 0 spiro atoms. The van der Waals surface area contributed by atoms with Crippen LogP contribution in [0.4, 0.5) is 0 Å². The van der Waals surface area contributed by atoms with Crippen molar-refractivity contribution < 1.29 is 0 Å². The average molecular weight is 299 g/mol. The van der Waals surface area contributed by atoms with E-state index >= 15 is 0 Å². The molecule has 2 N–H and O–H groups in total. The molecule has 1 atom stereocenters. The van der Waals surface area contributed by atoms with Crippen molar-refractivity contribution in [1.82, 2.24) is 15.5 Å². The van der Waals surface area contributed by atoms with E-state index < -0.39 is 0 Å². The summed E-state index contributed by atoms with van der Waals surface area (Å²) in [6.07, 6.45) is 7.52. The molecular weight excluding hydrogens is 260 g/mol. The fourth-order valence-electron chi connectivity index (χ4n) is 2.15. The minimum Gasteiger partial charge on any atom is -0.356 e. The van der Waals surface area contributed by atoms with E-state index in [-0.39, 0.29) is 0 Å². The van der Waals surface area contributed by atoms with Gasteiger partial charge in [0.1, 0.15) is 0 Å². The molecule has 0 rings (SSSR count). The smallest absolute Gasteiger partial charge is 0.191 e. The molecule has 0 aliphatic heterocycles. The molecule has 1 unspecified atom stereocenters. The lowest BCUT2D eigenvalue weighted by Crippen LogP contribution is -2.42. The largest absolute Gasteiger partial charge is 0.356 e. The quantitative estimate of drug-likeness (QED) is 0.349. The molecule has 21 heavy (non-hydrogen) atoms. The highest BCUT2D eigenvalue weighted by molar-refractivity contribution is 5.79. The number of unbranched alkanes of at least 4 members (excludes halogenated alkanes) is 3. The lowest BCUT2D eigenvalue weighted by molar-refractivity contribution is 0.268. The van der Waals surface area contributed by atoms with Gasteiger partial charge in [-0.2, -0.15) is 0 Å². The van der Waals surface area contributed by atoms with Gasteiger partial charge in [0, 0.05) is 25.7 Å². The average Bonchev–Trinajstić information content (AvgIpc) is 2.45. The topological polar surface area (TPSA) is 39.7 Å². The van der Waals surface area contributed by atoms with Crippen LogP contribution in [0.5, 0.6) is 0 Å². The molecule has 126 valence electrons. The Morgan fingerprint density at radius 3 is 2.38 bits per heavy atom. The van der Waals surface area contributed by atoms with E-state index in [2.05, 4.69) is 55.3 Å². The molecule has 0 aromatic carbocycles. The number of hydrogen-bond acceptors (Lipinski definition) is 2. The molecule has 0 heterocycles. The number of rotatable bonds is 11. The van der Waals surface area contributed by atoms with E-state index in [1.54, 1.807) is 0 Å². The minimum absolute atomic E-state index is 0.495. The summed E-state index contributed by atoms with van der Waals surface area (Å²) in [5, 5.41) is 6.89. The first-order valence-corrected chi connectivity index (χ1v) is 8.68. The molecule has 4 heteroatoms. The summed E-state index contributed by atoms with van der Waals surface area (Å²) in [6.45, 7) is 11.1. The maximum atomic E-state index is 4.30. The third-order valence-electron chi connectivity index (χ3n) is 3.96. The van der Waals surface area contributed by atoms with Gasteiger partial charge in [-0.1, -0.05) is 26.2 Å². The second-order valence-corrected chi connectivity index (χ2v) is 6.32. The van der Waals surface area contributed by atoms with Gasteiger partial charge in [-0.15, -0.1) is 0 Å². The summed E-state index contributed by atoms with van der Waals surface area (Å²) in [7, 11) is 4.04. The van der Waals surface area contributed by atoms with Crippen LogP contribution in [0.15, 0.2) is 4.99 Å². The van der Waals surface area contributed by atoms with Gasteiger partial charge in [-0.25, -0.2) is 0 Å². The van der Waals surface area contributed by atoms with Crippen molar-refractivity contribution in [3.63, 3.8) is 0 Å². The van der Waals surface area contributed by atoms with Crippen molar-refractivity contribution in [2.75, 3.05) is 27.2 Å². The number of hydrogen-bond donors (Lipinski definition) is 2. The van der Waals surface area contributed by atoms with Crippen molar-refractivity contribution in [3.8, 4) is 0 Å². The highest BCUT2D eigenvalue weighted by atomic mass is 15.2. The monoisotopic (exact) mass is 298 g/mol. The van der Waals surface area contributed by atoms with Gasteiger partial charge in [-0.3, -0.25) is 4.99 Å². The maximum absolute atomic E-state index is 4.30. The normalized spacial score (nSPS) is 13.8. The van der Waals surface area contributed by atoms with Gasteiger partial charge in [-0.05, 0) is 53.6 Å². The van der Waals surface area contributed by atoms with Gasteiger partial charge in [0.2, 0.25) is 0 Å². The number of nitrogens with one attached hydrogen (secondary N) is 2. The van der Waals surface area contributed by atoms with Crippen molar-refractivity contribution in [2.45, 2.75) is 78.3 Å². The van der Waals surface area contributed by atoms with Crippen LogP contribution in [-0.4, -0.2) is 50.1 Å². The molecule has 0 saturated heterocycles. The van der Waals surface area contributed by atoms with Gasteiger partial charge in [0.25, 0.3) is 0 Å². The molecule has 0 aliphatic carbocycles. The second-order valence-electron chi connectivity index (χ2n) is 6.32. The molecular formula is C17H38N4. The first kappa shape index (κ1) is 20.2. The molecule has 0 bridgehead atoms. The highest BCUT2D eigenvalue weighted by Crippen LogP contribution is 2.02. The molecule has 0 saturated carbocycles. The molecule has 0 radical (unpaired) electrons. The fourth-order valence-corrected chi connectivity index (χ4v) is 2.15. The Hall–Kier alpha value is -0.770. The van der Waals surface area contributed by atoms with E-state index in [1.807, 2.05) is 7.05 Å². The van der Waals surface area contributed by atoms with Gasteiger partial charge >= 0.3 is 0 Å². The van der Waals surface area contributed by atoms with Crippen LogP contribution in [0, 0.1) is 0 Å². The van der Waals surface area contributed by atoms with Crippen LogP contribution in [0.2, 0.25) is 0 Å². The maximum Gasteiger partial charge on any atom is 0.191 e. The van der Waals surface area contributed by atoms with Crippen LogP contribution < -0.4 is 10.6 Å². The predicted molar refractivity (Wildman–Crippen MR) is 95.1 cm³/mol. The van der Waals surface area contributed by atoms with E-state index in [4.69, 9.17) is 0 Å². The van der Waals surface area contributed by atoms with Crippen LogP contribution in [-0.2, 0) is 0 Å². The zero-order valence-electron chi connectivity index (χ0n) is 15.2. The molecule has 0 amide bonds. The fraction of sp³-hybridized carbons (Fsp3) is 0.941. The summed E-state index contributed by atoms with van der Waals surface area (Å²) in [5.41, 5.74) is 0. The van der Waals surface area contributed by atoms with Crippen LogP contribution in [0.1, 0.15) is 66.2 Å². The van der Waals surface area contributed by atoms with Crippen molar-refractivity contribution in [3.05, 3.63) is 0 Å². The van der Waals surface area contributed by atoms with Crippen LogP contribution in [0.3, 0.4) is 0 Å². The lowest BCUT2D eigenvalue weighted by atomic mass is 10.1. The minimum atomic E-state index is 0.495. The summed E-state index contributed by atoms with van der Waals surface area (Å²) in [4.78, 5) is 6.69. The number of guanidine groups is 1.